The molecule has 0 bridgehead atoms. The highest BCUT2D eigenvalue weighted by Gasteiger charge is 2.17. The summed E-state index contributed by atoms with van der Waals surface area (Å²) < 4.78 is 7.76. The molecular weight excluding hydrogens is 312 g/mol. The van der Waals surface area contributed by atoms with E-state index in [1.807, 2.05) is 60.1 Å². The quantitative estimate of drug-likeness (QED) is 0.554. The topological polar surface area (TPSA) is 47.2 Å². The van der Waals surface area contributed by atoms with Gasteiger partial charge >= 0.3 is 0 Å². The monoisotopic (exact) mass is 332 g/mol. The van der Waals surface area contributed by atoms with E-state index in [-0.39, 0.29) is 5.91 Å². The van der Waals surface area contributed by atoms with Crippen LogP contribution in [0, 0.1) is 0 Å². The number of furan rings is 1. The first-order chi connectivity index (χ1) is 12.2. The van der Waals surface area contributed by atoms with Crippen LogP contribution >= 0.6 is 0 Å². The number of nitrogens with zero attached hydrogens (tertiary/aromatic N) is 1. The number of hydrogen-bond acceptors (Lipinski definition) is 2. The molecule has 0 radical (unpaired) electrons. The Kier molecular flexibility index (Phi) is 4.02. The Hall–Kier alpha value is -3.01. The van der Waals surface area contributed by atoms with Gasteiger partial charge in [0.1, 0.15) is 11.3 Å². The number of para-hydroxylation sites is 1. The third kappa shape index (κ3) is 2.91. The van der Waals surface area contributed by atoms with Crippen molar-refractivity contribution in [3.05, 3.63) is 71.9 Å². The summed E-state index contributed by atoms with van der Waals surface area (Å²) in [5, 5.41) is 4.04. The van der Waals surface area contributed by atoms with Crippen LogP contribution in [0.5, 0.6) is 0 Å². The van der Waals surface area contributed by atoms with E-state index in [1.165, 1.54) is 5.56 Å². The van der Waals surface area contributed by atoms with E-state index >= 15 is 0 Å². The van der Waals surface area contributed by atoms with Crippen LogP contribution < -0.4 is 5.32 Å². The zero-order valence-electron chi connectivity index (χ0n) is 14.2. The van der Waals surface area contributed by atoms with Gasteiger partial charge in [-0.3, -0.25) is 4.79 Å². The van der Waals surface area contributed by atoms with Crippen molar-refractivity contribution in [2.24, 2.45) is 7.05 Å². The third-order valence-electron chi connectivity index (χ3n) is 4.56. The summed E-state index contributed by atoms with van der Waals surface area (Å²) >= 11 is 0. The predicted molar refractivity (Wildman–Crippen MR) is 99.8 cm³/mol. The second-order valence-electron chi connectivity index (χ2n) is 6.24. The smallest absolute Gasteiger partial charge is 0.268 e. The van der Waals surface area contributed by atoms with Crippen molar-refractivity contribution in [2.75, 3.05) is 6.54 Å². The lowest BCUT2D eigenvalue weighted by Gasteiger charge is -2.07. The van der Waals surface area contributed by atoms with Gasteiger partial charge in [0.05, 0.1) is 5.52 Å². The number of carbonyl (C=O) groups excluding carboxylic acids is 1. The maximum absolute atomic E-state index is 12.5. The first kappa shape index (κ1) is 15.5. The van der Waals surface area contributed by atoms with Crippen molar-refractivity contribution in [1.82, 2.24) is 9.88 Å². The molecule has 2 heterocycles. The normalized spacial score (nSPS) is 11.2. The minimum absolute atomic E-state index is 0.0638. The van der Waals surface area contributed by atoms with Gasteiger partial charge in [0.2, 0.25) is 0 Å². The Labute approximate surface area is 146 Å². The maximum Gasteiger partial charge on any atom is 0.268 e. The summed E-state index contributed by atoms with van der Waals surface area (Å²) in [4.78, 5) is 12.5. The molecule has 4 aromatic rings. The highest BCUT2D eigenvalue weighted by molar-refractivity contribution is 6.07. The first-order valence-corrected chi connectivity index (χ1v) is 8.53. The van der Waals surface area contributed by atoms with Gasteiger partial charge in [-0.15, -0.1) is 0 Å². The van der Waals surface area contributed by atoms with E-state index in [0.29, 0.717) is 12.2 Å². The fourth-order valence-electron chi connectivity index (χ4n) is 3.28. The van der Waals surface area contributed by atoms with Crippen molar-refractivity contribution in [1.29, 1.82) is 0 Å². The molecule has 0 spiro atoms. The number of aromatic nitrogens is 1. The van der Waals surface area contributed by atoms with Crippen molar-refractivity contribution >= 4 is 28.0 Å². The number of amides is 1. The third-order valence-corrected chi connectivity index (χ3v) is 4.56. The van der Waals surface area contributed by atoms with E-state index in [9.17, 15) is 4.79 Å². The Morgan fingerprint density at radius 2 is 1.80 bits per heavy atom. The molecule has 1 amide bonds. The molecule has 0 atom stereocenters. The van der Waals surface area contributed by atoms with Crippen LogP contribution in [0.4, 0.5) is 0 Å². The summed E-state index contributed by atoms with van der Waals surface area (Å²) in [5.74, 6) is -0.0638. The molecule has 0 aliphatic rings. The molecule has 4 rings (SSSR count). The van der Waals surface area contributed by atoms with Crippen molar-refractivity contribution in [2.45, 2.75) is 12.8 Å². The molecule has 2 aromatic heterocycles. The lowest BCUT2D eigenvalue weighted by Crippen LogP contribution is -2.26. The number of rotatable bonds is 5. The predicted octanol–water partition coefficient (Wildman–Crippen LogP) is 4.29. The number of aryl methyl sites for hydroxylation is 2. The standard InChI is InChI=1S/C21H20N2O2/c1-23-17(14-19-20(23)16-11-5-6-12-18(16)25-19)21(24)22-13-7-10-15-8-3-2-4-9-15/h2-6,8-9,11-12,14H,7,10,13H2,1H3,(H,22,24). The molecule has 4 nitrogen and oxygen atoms in total. The highest BCUT2D eigenvalue weighted by Crippen LogP contribution is 2.30. The average molecular weight is 332 g/mol. The molecule has 4 heteroatoms. The Balaban J connectivity index is 1.46. The highest BCUT2D eigenvalue weighted by atomic mass is 16.3. The summed E-state index contributed by atoms with van der Waals surface area (Å²) in [5.41, 5.74) is 4.47. The summed E-state index contributed by atoms with van der Waals surface area (Å²) in [6.45, 7) is 0.654. The molecule has 0 aliphatic carbocycles. The van der Waals surface area contributed by atoms with Gasteiger partial charge in [0.25, 0.3) is 5.91 Å². The average Bonchev–Trinajstić information content (AvgIpc) is 3.16. The van der Waals surface area contributed by atoms with Gasteiger partial charge in [-0.1, -0.05) is 42.5 Å². The van der Waals surface area contributed by atoms with Gasteiger partial charge in [0, 0.05) is 25.0 Å². The maximum atomic E-state index is 12.5. The van der Waals surface area contributed by atoms with Crippen molar-refractivity contribution < 1.29 is 9.21 Å². The summed E-state index contributed by atoms with van der Waals surface area (Å²) in [6, 6.07) is 20.0. The Morgan fingerprint density at radius 1 is 1.04 bits per heavy atom. The SMILES string of the molecule is Cn1c(C(=O)NCCCc2ccccc2)cc2oc3ccccc3c21. The second-order valence-corrected chi connectivity index (χ2v) is 6.24. The molecule has 2 aromatic carbocycles. The second kappa shape index (κ2) is 6.48. The van der Waals surface area contributed by atoms with Crippen molar-refractivity contribution in [3.8, 4) is 0 Å². The lowest BCUT2D eigenvalue weighted by atomic mass is 10.1. The summed E-state index contributed by atoms with van der Waals surface area (Å²) in [7, 11) is 1.91. The van der Waals surface area contributed by atoms with Gasteiger partial charge in [-0.05, 0) is 30.5 Å². The Bertz CT molecular complexity index is 1030. The van der Waals surface area contributed by atoms with Gasteiger partial charge in [0.15, 0.2) is 5.58 Å². The molecule has 0 unspecified atom stereocenters. The van der Waals surface area contributed by atoms with Crippen molar-refractivity contribution in [3.63, 3.8) is 0 Å². The molecule has 25 heavy (non-hydrogen) atoms. The van der Waals surface area contributed by atoms with Crippen LogP contribution in [0.1, 0.15) is 22.5 Å². The molecule has 0 fully saturated rings. The molecule has 1 N–H and O–H groups in total. The Morgan fingerprint density at radius 3 is 2.64 bits per heavy atom. The minimum atomic E-state index is -0.0638. The number of hydrogen-bond donors (Lipinski definition) is 1. The van der Waals surface area contributed by atoms with Crippen LogP contribution in [0.3, 0.4) is 0 Å². The van der Waals surface area contributed by atoms with Gasteiger partial charge < -0.3 is 14.3 Å². The zero-order chi connectivity index (χ0) is 17.2. The van der Waals surface area contributed by atoms with E-state index in [0.717, 1.165) is 34.9 Å². The van der Waals surface area contributed by atoms with Crippen LogP contribution in [-0.4, -0.2) is 17.0 Å². The molecule has 0 saturated carbocycles. The number of carbonyl (C=O) groups is 1. The van der Waals surface area contributed by atoms with E-state index in [4.69, 9.17) is 4.42 Å². The van der Waals surface area contributed by atoms with Crippen LogP contribution in [0.15, 0.2) is 65.1 Å². The molecule has 0 saturated heterocycles. The van der Waals surface area contributed by atoms with Gasteiger partial charge in [-0.25, -0.2) is 0 Å². The number of fused-ring (bicyclic) bond motifs is 3. The van der Waals surface area contributed by atoms with Crippen LogP contribution in [-0.2, 0) is 13.5 Å². The molecular formula is C21H20N2O2. The van der Waals surface area contributed by atoms with E-state index < -0.39 is 0 Å². The van der Waals surface area contributed by atoms with Crippen LogP contribution in [0.25, 0.3) is 22.1 Å². The minimum Gasteiger partial charge on any atom is -0.454 e. The first-order valence-electron chi connectivity index (χ1n) is 8.53. The van der Waals surface area contributed by atoms with Gasteiger partial charge in [-0.2, -0.15) is 0 Å². The van der Waals surface area contributed by atoms with E-state index in [1.54, 1.807) is 0 Å². The fraction of sp³-hybridized carbons (Fsp3) is 0.190. The fourth-order valence-corrected chi connectivity index (χ4v) is 3.28. The lowest BCUT2D eigenvalue weighted by molar-refractivity contribution is 0.0945. The summed E-state index contributed by atoms with van der Waals surface area (Å²) in [6.07, 6.45) is 1.88. The van der Waals surface area contributed by atoms with E-state index in [2.05, 4.69) is 17.4 Å². The number of nitrogens with one attached hydrogen (secondary N) is 1. The number of benzene rings is 2. The molecule has 126 valence electrons. The molecule has 0 aliphatic heterocycles. The zero-order valence-corrected chi connectivity index (χ0v) is 14.2. The largest absolute Gasteiger partial charge is 0.454 e. The van der Waals surface area contributed by atoms with Crippen LogP contribution in [0.2, 0.25) is 0 Å².